The second kappa shape index (κ2) is 8.34. The molecule has 0 saturated carbocycles. The fourth-order valence-electron chi connectivity index (χ4n) is 2.19. The summed E-state index contributed by atoms with van der Waals surface area (Å²) in [6, 6.07) is 14.8. The molecule has 0 fully saturated rings. The molecule has 0 aliphatic rings. The van der Waals surface area contributed by atoms with E-state index in [9.17, 15) is 9.59 Å². The molecule has 120 valence electrons. The Kier molecular flexibility index (Phi) is 6.18. The minimum atomic E-state index is -0.337. The van der Waals surface area contributed by atoms with Crippen LogP contribution in [0.2, 0.25) is 5.02 Å². The minimum Gasteiger partial charge on any atom is -0.352 e. The lowest BCUT2D eigenvalue weighted by molar-refractivity contribution is -0.126. The summed E-state index contributed by atoms with van der Waals surface area (Å²) in [6.45, 7) is 2.32. The number of carbonyl (C=O) groups excluding carboxylic acids is 2. The maximum atomic E-state index is 12.0. The molecule has 23 heavy (non-hydrogen) atoms. The van der Waals surface area contributed by atoms with E-state index in [1.807, 2.05) is 49.4 Å². The van der Waals surface area contributed by atoms with Gasteiger partial charge in [0.1, 0.15) is 6.42 Å². The van der Waals surface area contributed by atoms with Crippen LogP contribution in [-0.4, -0.2) is 11.8 Å². The van der Waals surface area contributed by atoms with Crippen molar-refractivity contribution in [2.24, 2.45) is 0 Å². The number of amides is 2. The molecule has 2 rings (SSSR count). The Morgan fingerprint density at radius 2 is 1.61 bits per heavy atom. The number of carbonyl (C=O) groups is 2. The summed E-state index contributed by atoms with van der Waals surface area (Å²) in [6.07, 6.45) is 0.595. The summed E-state index contributed by atoms with van der Waals surface area (Å²) in [5.41, 5.74) is 2.61. The first-order chi connectivity index (χ1) is 11.1. The predicted octanol–water partition coefficient (Wildman–Crippen LogP) is 3.55. The maximum absolute atomic E-state index is 12.0. The summed E-state index contributed by atoms with van der Waals surface area (Å²) in [5, 5.41) is 6.07. The molecule has 5 heteroatoms. The molecule has 2 aromatic rings. The molecule has 4 nitrogen and oxygen atoms in total. The van der Waals surface area contributed by atoms with E-state index in [-0.39, 0.29) is 18.2 Å². The van der Waals surface area contributed by atoms with E-state index >= 15 is 0 Å². The molecule has 2 aromatic carbocycles. The number of para-hydroxylation sites is 1. The van der Waals surface area contributed by atoms with Gasteiger partial charge in [0.2, 0.25) is 11.8 Å². The molecule has 0 aliphatic carbocycles. The Morgan fingerprint density at radius 1 is 0.957 bits per heavy atom. The lowest BCUT2D eigenvalue weighted by atomic mass is 10.1. The van der Waals surface area contributed by atoms with Gasteiger partial charge in [-0.1, -0.05) is 54.9 Å². The van der Waals surface area contributed by atoms with Crippen molar-refractivity contribution in [3.05, 3.63) is 64.7 Å². The second-order valence-electron chi connectivity index (χ2n) is 5.10. The Balaban J connectivity index is 1.85. The molecule has 0 radical (unpaired) electrons. The zero-order chi connectivity index (χ0) is 16.7. The van der Waals surface area contributed by atoms with Gasteiger partial charge in [0.05, 0.1) is 0 Å². The fraction of sp³-hybridized carbons (Fsp3) is 0.222. The molecule has 0 saturated heterocycles. The highest BCUT2D eigenvalue weighted by Crippen LogP contribution is 2.16. The Bertz CT molecular complexity index is 701. The smallest absolute Gasteiger partial charge is 0.233 e. The van der Waals surface area contributed by atoms with Gasteiger partial charge >= 0.3 is 0 Å². The van der Waals surface area contributed by atoms with Crippen molar-refractivity contribution in [2.45, 2.75) is 26.3 Å². The lowest BCUT2D eigenvalue weighted by Crippen LogP contribution is -2.28. The van der Waals surface area contributed by atoms with Gasteiger partial charge in [0, 0.05) is 17.3 Å². The van der Waals surface area contributed by atoms with Crippen LogP contribution in [0.3, 0.4) is 0 Å². The van der Waals surface area contributed by atoms with Crippen LogP contribution in [0.4, 0.5) is 5.69 Å². The van der Waals surface area contributed by atoms with Crippen molar-refractivity contribution in [1.29, 1.82) is 0 Å². The fourth-order valence-corrected chi connectivity index (χ4v) is 2.39. The van der Waals surface area contributed by atoms with Gasteiger partial charge in [-0.3, -0.25) is 9.59 Å². The van der Waals surface area contributed by atoms with Crippen LogP contribution < -0.4 is 10.6 Å². The molecule has 0 atom stereocenters. The highest BCUT2D eigenvalue weighted by Gasteiger charge is 2.11. The first-order valence-corrected chi connectivity index (χ1v) is 7.85. The average Bonchev–Trinajstić information content (AvgIpc) is 2.54. The average molecular weight is 331 g/mol. The minimum absolute atomic E-state index is 0.220. The summed E-state index contributed by atoms with van der Waals surface area (Å²) in [4.78, 5) is 23.8. The topological polar surface area (TPSA) is 58.2 Å². The number of benzene rings is 2. The number of hydrogen-bond donors (Lipinski definition) is 2. The number of hydrogen-bond acceptors (Lipinski definition) is 2. The van der Waals surface area contributed by atoms with Gasteiger partial charge in [-0.2, -0.15) is 0 Å². The number of aryl methyl sites for hydroxylation is 1. The van der Waals surface area contributed by atoms with E-state index in [1.165, 1.54) is 0 Å². The molecule has 0 heterocycles. The van der Waals surface area contributed by atoms with E-state index in [0.29, 0.717) is 11.6 Å². The summed E-state index contributed by atoms with van der Waals surface area (Å²) < 4.78 is 0. The van der Waals surface area contributed by atoms with Crippen LogP contribution in [0.1, 0.15) is 24.5 Å². The molecular weight excluding hydrogens is 312 g/mol. The zero-order valence-electron chi connectivity index (χ0n) is 12.9. The van der Waals surface area contributed by atoms with Gasteiger partial charge in [-0.15, -0.1) is 0 Å². The number of rotatable bonds is 6. The molecular formula is C18H19ClN2O2. The third-order valence-electron chi connectivity index (χ3n) is 3.43. The SMILES string of the molecule is CCc1ccccc1NC(=O)CC(=O)NCc1ccccc1Cl. The highest BCUT2D eigenvalue weighted by molar-refractivity contribution is 6.31. The van der Waals surface area contributed by atoms with Crippen molar-refractivity contribution >= 4 is 29.1 Å². The van der Waals surface area contributed by atoms with Crippen molar-refractivity contribution in [2.75, 3.05) is 5.32 Å². The molecule has 2 N–H and O–H groups in total. The number of anilines is 1. The van der Waals surface area contributed by atoms with Crippen LogP contribution in [-0.2, 0) is 22.6 Å². The van der Waals surface area contributed by atoms with Crippen LogP contribution >= 0.6 is 11.6 Å². The molecule has 0 spiro atoms. The molecule has 2 amide bonds. The lowest BCUT2D eigenvalue weighted by Gasteiger charge is -2.10. The Hall–Kier alpha value is -2.33. The monoisotopic (exact) mass is 330 g/mol. The van der Waals surface area contributed by atoms with Crippen LogP contribution in [0, 0.1) is 0 Å². The molecule has 0 aromatic heterocycles. The molecule has 0 bridgehead atoms. The quantitative estimate of drug-likeness (QED) is 0.796. The Labute approximate surface area is 140 Å². The van der Waals surface area contributed by atoms with E-state index < -0.39 is 0 Å². The number of halogens is 1. The normalized spacial score (nSPS) is 10.2. The van der Waals surface area contributed by atoms with E-state index in [1.54, 1.807) is 6.07 Å². The van der Waals surface area contributed by atoms with Gasteiger partial charge < -0.3 is 10.6 Å². The summed E-state index contributed by atoms with van der Waals surface area (Å²) >= 11 is 6.02. The van der Waals surface area contributed by atoms with E-state index in [2.05, 4.69) is 10.6 Å². The van der Waals surface area contributed by atoms with E-state index in [4.69, 9.17) is 11.6 Å². The Morgan fingerprint density at radius 3 is 2.30 bits per heavy atom. The van der Waals surface area contributed by atoms with Crippen molar-refractivity contribution in [3.8, 4) is 0 Å². The van der Waals surface area contributed by atoms with Gasteiger partial charge in [-0.25, -0.2) is 0 Å². The van der Waals surface area contributed by atoms with Crippen LogP contribution in [0.15, 0.2) is 48.5 Å². The van der Waals surface area contributed by atoms with Crippen molar-refractivity contribution < 1.29 is 9.59 Å². The third-order valence-corrected chi connectivity index (χ3v) is 3.80. The zero-order valence-corrected chi connectivity index (χ0v) is 13.7. The standard InChI is InChI=1S/C18H19ClN2O2/c1-2-13-7-4-6-10-16(13)21-18(23)11-17(22)20-12-14-8-3-5-9-15(14)19/h3-10H,2,11-12H2,1H3,(H,20,22)(H,21,23). The first kappa shape index (κ1) is 17.0. The highest BCUT2D eigenvalue weighted by atomic mass is 35.5. The third kappa shape index (κ3) is 5.11. The largest absolute Gasteiger partial charge is 0.352 e. The second-order valence-corrected chi connectivity index (χ2v) is 5.51. The predicted molar refractivity (Wildman–Crippen MR) is 92.4 cm³/mol. The number of nitrogens with one attached hydrogen (secondary N) is 2. The van der Waals surface area contributed by atoms with Crippen LogP contribution in [0.25, 0.3) is 0 Å². The van der Waals surface area contributed by atoms with Gasteiger partial charge in [-0.05, 0) is 29.7 Å². The van der Waals surface area contributed by atoms with Crippen molar-refractivity contribution in [3.63, 3.8) is 0 Å². The molecule has 0 unspecified atom stereocenters. The summed E-state index contributed by atoms with van der Waals surface area (Å²) in [5.74, 6) is -0.668. The van der Waals surface area contributed by atoms with Gasteiger partial charge in [0.15, 0.2) is 0 Å². The summed E-state index contributed by atoms with van der Waals surface area (Å²) in [7, 11) is 0. The molecule has 0 aliphatic heterocycles. The van der Waals surface area contributed by atoms with Crippen molar-refractivity contribution in [1.82, 2.24) is 5.32 Å². The first-order valence-electron chi connectivity index (χ1n) is 7.48. The van der Waals surface area contributed by atoms with Crippen LogP contribution in [0.5, 0.6) is 0 Å². The maximum Gasteiger partial charge on any atom is 0.233 e. The van der Waals surface area contributed by atoms with Gasteiger partial charge in [0.25, 0.3) is 0 Å². The van der Waals surface area contributed by atoms with E-state index in [0.717, 1.165) is 23.2 Å².